The Balaban J connectivity index is 2.33. The molecule has 2 aromatic rings. The van der Waals surface area contributed by atoms with Crippen molar-refractivity contribution in [3.63, 3.8) is 0 Å². The minimum absolute atomic E-state index is 0.302. The third-order valence-corrected chi connectivity index (χ3v) is 2.54. The van der Waals surface area contributed by atoms with Crippen LogP contribution < -0.4 is 0 Å². The molecule has 2 rings (SSSR count). The van der Waals surface area contributed by atoms with Gasteiger partial charge in [0.1, 0.15) is 5.82 Å². The number of aryl methyl sites for hydroxylation is 1. The summed E-state index contributed by atoms with van der Waals surface area (Å²) in [6.45, 7) is 4.08. The zero-order chi connectivity index (χ0) is 10.7. The quantitative estimate of drug-likeness (QED) is 0.829. The Labute approximate surface area is 89.6 Å². The molecule has 0 radical (unpaired) electrons. The molecular formula is C12H15N3. The van der Waals surface area contributed by atoms with E-state index in [2.05, 4.69) is 46.4 Å². The second-order valence-corrected chi connectivity index (χ2v) is 3.65. The first kappa shape index (κ1) is 9.90. The van der Waals surface area contributed by atoms with Crippen LogP contribution in [-0.2, 0) is 0 Å². The minimum Gasteiger partial charge on any atom is -0.263 e. The van der Waals surface area contributed by atoms with Gasteiger partial charge in [-0.2, -0.15) is 5.10 Å². The molecule has 1 atom stereocenters. The molecule has 1 aromatic carbocycles. The second-order valence-electron chi connectivity index (χ2n) is 3.65. The number of hydrogen-bond acceptors (Lipinski definition) is 2. The standard InChI is InChI=1S/C12H15N3/c1-3-11(10-7-5-4-6-8-10)12-13-9(2)14-15-12/h4-8,11H,3H2,1-2H3,(H,13,14,15). The van der Waals surface area contributed by atoms with Crippen molar-refractivity contribution in [3.8, 4) is 0 Å². The van der Waals surface area contributed by atoms with Gasteiger partial charge in [-0.1, -0.05) is 37.3 Å². The summed E-state index contributed by atoms with van der Waals surface area (Å²) < 4.78 is 0. The number of rotatable bonds is 3. The van der Waals surface area contributed by atoms with Gasteiger partial charge in [0, 0.05) is 5.92 Å². The predicted octanol–water partition coefficient (Wildman–Crippen LogP) is 2.66. The first-order valence-corrected chi connectivity index (χ1v) is 5.25. The van der Waals surface area contributed by atoms with Crippen LogP contribution >= 0.6 is 0 Å². The largest absolute Gasteiger partial charge is 0.263 e. The Bertz CT molecular complexity index is 419. The van der Waals surface area contributed by atoms with Gasteiger partial charge >= 0.3 is 0 Å². The van der Waals surface area contributed by atoms with Gasteiger partial charge in [0.15, 0.2) is 5.82 Å². The Kier molecular flexibility index (Phi) is 2.81. The van der Waals surface area contributed by atoms with Gasteiger partial charge in [0.25, 0.3) is 0 Å². The summed E-state index contributed by atoms with van der Waals surface area (Å²) >= 11 is 0. The summed E-state index contributed by atoms with van der Waals surface area (Å²) in [5, 5.41) is 7.12. The van der Waals surface area contributed by atoms with Crippen LogP contribution in [-0.4, -0.2) is 15.2 Å². The molecule has 0 saturated carbocycles. The number of hydrogen-bond donors (Lipinski definition) is 1. The number of nitrogens with zero attached hydrogens (tertiary/aromatic N) is 2. The van der Waals surface area contributed by atoms with Gasteiger partial charge in [-0.3, -0.25) is 5.10 Å². The van der Waals surface area contributed by atoms with Crippen molar-refractivity contribution in [2.75, 3.05) is 0 Å². The van der Waals surface area contributed by atoms with Crippen LogP contribution in [0.15, 0.2) is 30.3 Å². The van der Waals surface area contributed by atoms with Crippen molar-refractivity contribution >= 4 is 0 Å². The van der Waals surface area contributed by atoms with Gasteiger partial charge in [0.2, 0.25) is 0 Å². The van der Waals surface area contributed by atoms with Crippen molar-refractivity contribution in [3.05, 3.63) is 47.5 Å². The molecule has 0 amide bonds. The zero-order valence-electron chi connectivity index (χ0n) is 9.07. The molecule has 15 heavy (non-hydrogen) atoms. The lowest BCUT2D eigenvalue weighted by atomic mass is 9.96. The Morgan fingerprint density at radius 2 is 2.00 bits per heavy atom. The molecule has 1 N–H and O–H groups in total. The van der Waals surface area contributed by atoms with Crippen LogP contribution in [0, 0.1) is 6.92 Å². The highest BCUT2D eigenvalue weighted by Gasteiger charge is 2.15. The van der Waals surface area contributed by atoms with E-state index >= 15 is 0 Å². The molecule has 0 saturated heterocycles. The van der Waals surface area contributed by atoms with Crippen LogP contribution in [0.1, 0.15) is 36.5 Å². The molecule has 0 aliphatic carbocycles. The fourth-order valence-electron chi connectivity index (χ4n) is 1.77. The molecule has 0 aliphatic rings. The smallest absolute Gasteiger partial charge is 0.158 e. The number of aromatic amines is 1. The predicted molar refractivity (Wildman–Crippen MR) is 59.7 cm³/mol. The molecule has 0 fully saturated rings. The lowest BCUT2D eigenvalue weighted by Gasteiger charge is -2.10. The normalized spacial score (nSPS) is 12.7. The monoisotopic (exact) mass is 201 g/mol. The van der Waals surface area contributed by atoms with Crippen LogP contribution in [0.3, 0.4) is 0 Å². The second kappa shape index (κ2) is 4.26. The minimum atomic E-state index is 0.302. The van der Waals surface area contributed by atoms with Gasteiger partial charge in [-0.25, -0.2) is 4.98 Å². The van der Waals surface area contributed by atoms with E-state index < -0.39 is 0 Å². The number of aromatic nitrogens is 3. The fraction of sp³-hybridized carbons (Fsp3) is 0.333. The van der Waals surface area contributed by atoms with Crippen molar-refractivity contribution < 1.29 is 0 Å². The summed E-state index contributed by atoms with van der Waals surface area (Å²) in [6.07, 6.45) is 1.02. The number of nitrogens with one attached hydrogen (secondary N) is 1. The summed E-state index contributed by atoms with van der Waals surface area (Å²) in [7, 11) is 0. The van der Waals surface area contributed by atoms with E-state index in [1.54, 1.807) is 0 Å². The Hall–Kier alpha value is -1.64. The maximum atomic E-state index is 4.39. The van der Waals surface area contributed by atoms with E-state index in [4.69, 9.17) is 0 Å². The third-order valence-electron chi connectivity index (χ3n) is 2.54. The van der Waals surface area contributed by atoms with Crippen LogP contribution in [0.2, 0.25) is 0 Å². The molecule has 3 heteroatoms. The van der Waals surface area contributed by atoms with Crippen LogP contribution in [0.5, 0.6) is 0 Å². The summed E-state index contributed by atoms with van der Waals surface area (Å²) in [6, 6.07) is 10.4. The molecule has 78 valence electrons. The topological polar surface area (TPSA) is 41.6 Å². The third kappa shape index (κ3) is 2.06. The summed E-state index contributed by atoms with van der Waals surface area (Å²) in [5.74, 6) is 2.07. The first-order chi connectivity index (χ1) is 7.31. The Morgan fingerprint density at radius 1 is 1.27 bits per heavy atom. The molecule has 0 aliphatic heterocycles. The highest BCUT2D eigenvalue weighted by molar-refractivity contribution is 5.24. The number of benzene rings is 1. The molecule has 1 unspecified atom stereocenters. The van der Waals surface area contributed by atoms with Crippen LogP contribution in [0.4, 0.5) is 0 Å². The Morgan fingerprint density at radius 3 is 2.53 bits per heavy atom. The summed E-state index contributed by atoms with van der Waals surface area (Å²) in [4.78, 5) is 4.39. The SMILES string of the molecule is CCC(c1ccccc1)c1n[nH]c(C)n1. The van der Waals surface area contributed by atoms with E-state index in [9.17, 15) is 0 Å². The van der Waals surface area contributed by atoms with Crippen molar-refractivity contribution in [1.29, 1.82) is 0 Å². The molecule has 0 bridgehead atoms. The lowest BCUT2D eigenvalue weighted by Crippen LogP contribution is -2.01. The van der Waals surface area contributed by atoms with E-state index in [0.29, 0.717) is 5.92 Å². The maximum Gasteiger partial charge on any atom is 0.158 e. The summed E-state index contributed by atoms with van der Waals surface area (Å²) in [5.41, 5.74) is 1.28. The van der Waals surface area contributed by atoms with E-state index in [1.807, 2.05) is 13.0 Å². The maximum absolute atomic E-state index is 4.39. The molecule has 3 nitrogen and oxygen atoms in total. The molecular weight excluding hydrogens is 186 g/mol. The zero-order valence-corrected chi connectivity index (χ0v) is 9.07. The van der Waals surface area contributed by atoms with Crippen LogP contribution in [0.25, 0.3) is 0 Å². The van der Waals surface area contributed by atoms with E-state index in [-0.39, 0.29) is 0 Å². The van der Waals surface area contributed by atoms with E-state index in [1.165, 1.54) is 5.56 Å². The molecule has 1 heterocycles. The fourth-order valence-corrected chi connectivity index (χ4v) is 1.77. The highest BCUT2D eigenvalue weighted by Crippen LogP contribution is 2.24. The molecule has 0 spiro atoms. The van der Waals surface area contributed by atoms with Crippen molar-refractivity contribution in [2.45, 2.75) is 26.2 Å². The van der Waals surface area contributed by atoms with Crippen molar-refractivity contribution in [2.24, 2.45) is 0 Å². The van der Waals surface area contributed by atoms with Gasteiger partial charge in [-0.05, 0) is 18.9 Å². The number of H-pyrrole nitrogens is 1. The first-order valence-electron chi connectivity index (χ1n) is 5.25. The molecule has 1 aromatic heterocycles. The lowest BCUT2D eigenvalue weighted by molar-refractivity contribution is 0.721. The van der Waals surface area contributed by atoms with Gasteiger partial charge in [-0.15, -0.1) is 0 Å². The van der Waals surface area contributed by atoms with E-state index in [0.717, 1.165) is 18.1 Å². The average molecular weight is 201 g/mol. The average Bonchev–Trinajstić information content (AvgIpc) is 2.68. The van der Waals surface area contributed by atoms with Gasteiger partial charge in [0.05, 0.1) is 0 Å². The van der Waals surface area contributed by atoms with Crippen molar-refractivity contribution in [1.82, 2.24) is 15.2 Å². The highest BCUT2D eigenvalue weighted by atomic mass is 15.2. The van der Waals surface area contributed by atoms with Gasteiger partial charge < -0.3 is 0 Å².